The van der Waals surface area contributed by atoms with Gasteiger partial charge >= 0.3 is 5.00 Å². The Morgan fingerprint density at radius 2 is 2.44 bits per heavy atom. The zero-order valence-corrected chi connectivity index (χ0v) is 10.9. The number of nitro groups is 1. The van der Waals surface area contributed by atoms with Crippen LogP contribution in [0.5, 0.6) is 0 Å². The molecule has 1 fully saturated rings. The van der Waals surface area contributed by atoms with Crippen molar-refractivity contribution in [3.8, 4) is 0 Å². The van der Waals surface area contributed by atoms with Crippen LogP contribution in [0.1, 0.15) is 18.9 Å². The lowest BCUT2D eigenvalue weighted by atomic mass is 10.1. The van der Waals surface area contributed by atoms with Crippen molar-refractivity contribution in [3.05, 3.63) is 27.1 Å². The highest BCUT2D eigenvalue weighted by molar-refractivity contribution is 7.13. The summed E-state index contributed by atoms with van der Waals surface area (Å²) < 4.78 is 0. The van der Waals surface area contributed by atoms with Crippen LogP contribution in [0.25, 0.3) is 0 Å². The standard InChI is InChI=1S/C11H15N3O3S/c1-2-9-11(15)12-3-4-13(9)6-8-5-10(14(16)17)18-7-8/h5,7,9H,2-4,6H2,1H3,(H,12,15)/t9-/m0/s1. The van der Waals surface area contributed by atoms with Gasteiger partial charge in [0, 0.05) is 31.1 Å². The van der Waals surface area contributed by atoms with Gasteiger partial charge in [-0.3, -0.25) is 19.8 Å². The number of nitrogens with zero attached hydrogens (tertiary/aromatic N) is 2. The molecule has 0 unspecified atom stereocenters. The number of piperazine rings is 1. The summed E-state index contributed by atoms with van der Waals surface area (Å²) in [7, 11) is 0. The molecule has 0 spiro atoms. The zero-order valence-electron chi connectivity index (χ0n) is 10.1. The van der Waals surface area contributed by atoms with Gasteiger partial charge in [-0.1, -0.05) is 18.3 Å². The molecular formula is C11H15N3O3S. The Balaban J connectivity index is 2.06. The predicted molar refractivity (Wildman–Crippen MR) is 68.5 cm³/mol. The third-order valence-electron chi connectivity index (χ3n) is 3.03. The van der Waals surface area contributed by atoms with E-state index < -0.39 is 0 Å². The van der Waals surface area contributed by atoms with Crippen molar-refractivity contribution in [1.29, 1.82) is 0 Å². The van der Waals surface area contributed by atoms with Crippen LogP contribution in [0.3, 0.4) is 0 Å². The molecule has 1 atom stereocenters. The monoisotopic (exact) mass is 269 g/mol. The molecule has 1 aromatic heterocycles. The first-order valence-electron chi connectivity index (χ1n) is 5.85. The van der Waals surface area contributed by atoms with E-state index in [4.69, 9.17) is 0 Å². The average molecular weight is 269 g/mol. The molecule has 2 rings (SSSR count). The minimum atomic E-state index is -0.381. The number of nitrogens with one attached hydrogen (secondary N) is 1. The third-order valence-corrected chi connectivity index (χ3v) is 3.96. The molecule has 1 saturated heterocycles. The number of amides is 1. The van der Waals surface area contributed by atoms with Crippen molar-refractivity contribution in [1.82, 2.24) is 10.2 Å². The fourth-order valence-corrected chi connectivity index (χ4v) is 2.89. The van der Waals surface area contributed by atoms with Crippen molar-refractivity contribution >= 4 is 22.2 Å². The second-order valence-corrected chi connectivity index (χ2v) is 5.13. The highest BCUT2D eigenvalue weighted by Crippen LogP contribution is 2.24. The van der Waals surface area contributed by atoms with Crippen LogP contribution in [0.15, 0.2) is 11.4 Å². The summed E-state index contributed by atoms with van der Waals surface area (Å²) in [4.78, 5) is 24.0. The molecule has 18 heavy (non-hydrogen) atoms. The predicted octanol–water partition coefficient (Wildman–Crippen LogP) is 1.37. The lowest BCUT2D eigenvalue weighted by Gasteiger charge is -2.34. The number of carbonyl (C=O) groups is 1. The molecule has 0 radical (unpaired) electrons. The van der Waals surface area contributed by atoms with Gasteiger partial charge in [0.25, 0.3) is 0 Å². The topological polar surface area (TPSA) is 75.5 Å². The van der Waals surface area contributed by atoms with Gasteiger partial charge in [-0.15, -0.1) is 0 Å². The maximum atomic E-state index is 11.7. The summed E-state index contributed by atoms with van der Waals surface area (Å²) in [5.74, 6) is 0.0495. The summed E-state index contributed by atoms with van der Waals surface area (Å²) in [6.45, 7) is 3.99. The first kappa shape index (κ1) is 13.0. The van der Waals surface area contributed by atoms with Gasteiger partial charge in [0.2, 0.25) is 5.91 Å². The molecule has 1 N–H and O–H groups in total. The summed E-state index contributed by atoms with van der Waals surface area (Å²) in [5.41, 5.74) is 0.903. The first-order chi connectivity index (χ1) is 8.61. The number of hydrogen-bond donors (Lipinski definition) is 1. The molecule has 7 heteroatoms. The Morgan fingerprint density at radius 1 is 1.67 bits per heavy atom. The number of rotatable bonds is 4. The van der Waals surface area contributed by atoms with Crippen molar-refractivity contribution in [2.24, 2.45) is 0 Å². The third kappa shape index (κ3) is 2.68. The van der Waals surface area contributed by atoms with E-state index in [9.17, 15) is 14.9 Å². The highest BCUT2D eigenvalue weighted by atomic mass is 32.1. The normalized spacial score (nSPS) is 20.7. The van der Waals surface area contributed by atoms with E-state index in [1.54, 1.807) is 11.4 Å². The SMILES string of the molecule is CC[C@H]1C(=O)NCCN1Cc1csc([N+](=O)[O-])c1. The van der Waals surface area contributed by atoms with Gasteiger partial charge in [0.15, 0.2) is 0 Å². The van der Waals surface area contributed by atoms with Crippen LogP contribution in [0.2, 0.25) is 0 Å². The van der Waals surface area contributed by atoms with E-state index >= 15 is 0 Å². The maximum Gasteiger partial charge on any atom is 0.324 e. The molecule has 1 aliphatic rings. The quantitative estimate of drug-likeness (QED) is 0.661. The van der Waals surface area contributed by atoms with Crippen molar-refractivity contribution in [2.75, 3.05) is 13.1 Å². The summed E-state index contributed by atoms with van der Waals surface area (Å²) in [6, 6.07) is 1.46. The molecule has 2 heterocycles. The zero-order chi connectivity index (χ0) is 13.1. The van der Waals surface area contributed by atoms with E-state index in [0.717, 1.165) is 29.9 Å². The van der Waals surface area contributed by atoms with Crippen molar-refractivity contribution in [2.45, 2.75) is 25.9 Å². The van der Waals surface area contributed by atoms with Gasteiger partial charge < -0.3 is 5.32 Å². The van der Waals surface area contributed by atoms with Crippen molar-refractivity contribution < 1.29 is 9.72 Å². The molecule has 1 amide bonds. The molecule has 6 nitrogen and oxygen atoms in total. The Labute approximate surface area is 109 Å². The van der Waals surface area contributed by atoms with Crippen LogP contribution < -0.4 is 5.32 Å². The minimum absolute atomic E-state index is 0.0495. The number of thiophene rings is 1. The van der Waals surface area contributed by atoms with Gasteiger partial charge in [-0.05, 0) is 12.0 Å². The van der Waals surface area contributed by atoms with Crippen molar-refractivity contribution in [3.63, 3.8) is 0 Å². The number of carbonyl (C=O) groups excluding carboxylic acids is 1. The molecule has 0 aliphatic carbocycles. The Morgan fingerprint density at radius 3 is 3.06 bits per heavy atom. The summed E-state index contributed by atoms with van der Waals surface area (Å²) in [5, 5.41) is 15.4. The molecule has 0 aromatic carbocycles. The van der Waals surface area contributed by atoms with Crippen LogP contribution in [0, 0.1) is 10.1 Å². The first-order valence-corrected chi connectivity index (χ1v) is 6.73. The van der Waals surface area contributed by atoms with Gasteiger partial charge in [0.1, 0.15) is 0 Å². The second kappa shape index (κ2) is 5.45. The van der Waals surface area contributed by atoms with Crippen LogP contribution in [0.4, 0.5) is 5.00 Å². The maximum absolute atomic E-state index is 11.7. The van der Waals surface area contributed by atoms with E-state index in [2.05, 4.69) is 10.2 Å². The molecule has 0 saturated carbocycles. The van der Waals surface area contributed by atoms with Gasteiger partial charge in [0.05, 0.1) is 11.0 Å². The van der Waals surface area contributed by atoms with E-state index in [-0.39, 0.29) is 21.9 Å². The minimum Gasteiger partial charge on any atom is -0.353 e. The van der Waals surface area contributed by atoms with E-state index in [1.807, 2.05) is 6.92 Å². The Bertz CT molecular complexity index is 460. The summed E-state index contributed by atoms with van der Waals surface area (Å²) >= 11 is 1.13. The van der Waals surface area contributed by atoms with E-state index in [1.165, 1.54) is 0 Å². The lowest BCUT2D eigenvalue weighted by Crippen LogP contribution is -2.54. The number of hydrogen-bond acceptors (Lipinski definition) is 5. The fraction of sp³-hybridized carbons (Fsp3) is 0.545. The Kier molecular flexibility index (Phi) is 3.93. The smallest absolute Gasteiger partial charge is 0.324 e. The second-order valence-electron chi connectivity index (χ2n) is 4.24. The van der Waals surface area contributed by atoms with Gasteiger partial charge in [-0.25, -0.2) is 0 Å². The van der Waals surface area contributed by atoms with Crippen LogP contribution in [-0.2, 0) is 11.3 Å². The molecule has 98 valence electrons. The fourth-order valence-electron chi connectivity index (χ4n) is 2.17. The van der Waals surface area contributed by atoms with Gasteiger partial charge in [-0.2, -0.15) is 0 Å². The van der Waals surface area contributed by atoms with Crippen LogP contribution in [-0.4, -0.2) is 34.9 Å². The summed E-state index contributed by atoms with van der Waals surface area (Å²) in [6.07, 6.45) is 0.748. The molecule has 0 bridgehead atoms. The molecular weight excluding hydrogens is 254 g/mol. The highest BCUT2D eigenvalue weighted by Gasteiger charge is 2.28. The van der Waals surface area contributed by atoms with Crippen LogP contribution >= 0.6 is 11.3 Å². The molecule has 1 aromatic rings. The van der Waals surface area contributed by atoms with E-state index in [0.29, 0.717) is 13.1 Å². The average Bonchev–Trinajstić information content (AvgIpc) is 2.78. The molecule has 1 aliphatic heterocycles. The largest absolute Gasteiger partial charge is 0.353 e. The lowest BCUT2D eigenvalue weighted by molar-refractivity contribution is -0.380. The Hall–Kier alpha value is -1.47.